The maximum absolute atomic E-state index is 12.8. The van der Waals surface area contributed by atoms with E-state index in [1.165, 1.54) is 0 Å². The van der Waals surface area contributed by atoms with Crippen LogP contribution in [0.2, 0.25) is 10.3 Å². The zero-order chi connectivity index (χ0) is 22.2. The minimum atomic E-state index is -0.122. The molecule has 7 nitrogen and oxygen atoms in total. The van der Waals surface area contributed by atoms with Gasteiger partial charge in [-0.05, 0) is 41.6 Å². The first-order chi connectivity index (χ1) is 15.5. The van der Waals surface area contributed by atoms with Gasteiger partial charge in [0.1, 0.15) is 21.9 Å². The summed E-state index contributed by atoms with van der Waals surface area (Å²) in [6.45, 7) is 0.686. The highest BCUT2D eigenvalue weighted by Gasteiger charge is 2.45. The van der Waals surface area contributed by atoms with E-state index in [-0.39, 0.29) is 22.9 Å². The summed E-state index contributed by atoms with van der Waals surface area (Å²) in [6.07, 6.45) is 6.01. The SMILES string of the molecule is COc1ccc(Cn2cncc2[C@@H]2C[C@H]2C(=O)Nc2cc3cc(Cl)nc(Cl)c3cn2)cc1. The Morgan fingerprint density at radius 2 is 2.03 bits per heavy atom. The monoisotopic (exact) mass is 467 g/mol. The average Bonchev–Trinajstić information content (AvgIpc) is 3.45. The topological polar surface area (TPSA) is 81.9 Å². The van der Waals surface area contributed by atoms with Gasteiger partial charge in [-0.2, -0.15) is 0 Å². The predicted octanol–water partition coefficient (Wildman–Crippen LogP) is 4.93. The first kappa shape index (κ1) is 20.7. The number of halogens is 2. The number of amides is 1. The molecule has 0 saturated heterocycles. The van der Waals surface area contributed by atoms with Gasteiger partial charge in [0.25, 0.3) is 0 Å². The maximum atomic E-state index is 12.8. The second kappa shape index (κ2) is 8.41. The number of fused-ring (bicyclic) bond motifs is 1. The zero-order valence-corrected chi connectivity index (χ0v) is 18.6. The van der Waals surface area contributed by atoms with Gasteiger partial charge in [0, 0.05) is 41.9 Å². The number of carbonyl (C=O) groups is 1. The fourth-order valence-electron chi connectivity index (χ4n) is 3.88. The molecule has 3 heterocycles. The van der Waals surface area contributed by atoms with E-state index >= 15 is 0 Å². The van der Waals surface area contributed by atoms with Crippen molar-refractivity contribution in [2.45, 2.75) is 18.9 Å². The van der Waals surface area contributed by atoms with E-state index in [0.29, 0.717) is 22.9 Å². The number of nitrogens with one attached hydrogen (secondary N) is 1. The number of aromatic nitrogens is 4. The Kier molecular flexibility index (Phi) is 5.45. The molecular formula is C23H19Cl2N5O2. The van der Waals surface area contributed by atoms with Gasteiger partial charge < -0.3 is 14.6 Å². The van der Waals surface area contributed by atoms with E-state index in [1.54, 1.807) is 31.8 Å². The Morgan fingerprint density at radius 1 is 1.22 bits per heavy atom. The summed E-state index contributed by atoms with van der Waals surface area (Å²) in [7, 11) is 1.65. The second-order valence-corrected chi connectivity index (χ2v) is 8.50. The summed E-state index contributed by atoms with van der Waals surface area (Å²) in [5.74, 6) is 1.22. The second-order valence-electron chi connectivity index (χ2n) is 7.76. The van der Waals surface area contributed by atoms with Crippen LogP contribution in [0.5, 0.6) is 5.75 Å². The molecule has 0 bridgehead atoms. The first-order valence-corrected chi connectivity index (χ1v) is 10.8. The molecule has 1 N–H and O–H groups in total. The van der Waals surface area contributed by atoms with Crippen LogP contribution in [0.4, 0.5) is 5.82 Å². The van der Waals surface area contributed by atoms with Crippen LogP contribution in [0.1, 0.15) is 23.6 Å². The number of anilines is 1. The third-order valence-corrected chi connectivity index (χ3v) is 6.13. The Labute approximate surface area is 194 Å². The molecule has 0 aliphatic heterocycles. The number of benzene rings is 1. The van der Waals surface area contributed by atoms with E-state index in [1.807, 2.05) is 30.5 Å². The molecule has 162 valence electrons. The van der Waals surface area contributed by atoms with Crippen molar-refractivity contribution < 1.29 is 9.53 Å². The van der Waals surface area contributed by atoms with E-state index in [0.717, 1.165) is 28.8 Å². The molecule has 1 aliphatic rings. The van der Waals surface area contributed by atoms with Gasteiger partial charge in [-0.1, -0.05) is 35.3 Å². The lowest BCUT2D eigenvalue weighted by Gasteiger charge is -2.09. The average molecular weight is 468 g/mol. The number of hydrogen-bond donors (Lipinski definition) is 1. The quantitative estimate of drug-likeness (QED) is 0.406. The van der Waals surface area contributed by atoms with Crippen LogP contribution >= 0.6 is 23.2 Å². The Bertz CT molecular complexity index is 1310. The van der Waals surface area contributed by atoms with Crippen molar-refractivity contribution in [2.75, 3.05) is 12.4 Å². The Hall–Kier alpha value is -3.16. The van der Waals surface area contributed by atoms with Gasteiger partial charge in [-0.15, -0.1) is 0 Å². The summed E-state index contributed by atoms with van der Waals surface area (Å²) < 4.78 is 7.30. The molecule has 1 saturated carbocycles. The van der Waals surface area contributed by atoms with Gasteiger partial charge >= 0.3 is 0 Å². The number of rotatable bonds is 6. The van der Waals surface area contributed by atoms with Gasteiger partial charge in [0.05, 0.1) is 13.4 Å². The molecule has 0 spiro atoms. The summed E-state index contributed by atoms with van der Waals surface area (Å²) in [6, 6.07) is 11.4. The number of nitrogens with zero attached hydrogens (tertiary/aromatic N) is 4. The van der Waals surface area contributed by atoms with Crippen LogP contribution in [-0.2, 0) is 11.3 Å². The molecule has 1 fully saturated rings. The number of imidazole rings is 1. The molecule has 1 amide bonds. The Morgan fingerprint density at radius 3 is 2.81 bits per heavy atom. The number of methoxy groups -OCH3 is 1. The number of carbonyl (C=O) groups excluding carboxylic acids is 1. The fourth-order valence-corrected chi connectivity index (χ4v) is 4.37. The van der Waals surface area contributed by atoms with Crippen LogP contribution in [0, 0.1) is 5.92 Å². The first-order valence-electron chi connectivity index (χ1n) is 10.1. The molecule has 2 atom stereocenters. The molecule has 1 aromatic carbocycles. The molecule has 0 unspecified atom stereocenters. The van der Waals surface area contributed by atoms with Crippen LogP contribution < -0.4 is 10.1 Å². The van der Waals surface area contributed by atoms with Crippen molar-refractivity contribution in [3.05, 3.63) is 76.7 Å². The van der Waals surface area contributed by atoms with Crippen LogP contribution in [0.3, 0.4) is 0 Å². The number of hydrogen-bond acceptors (Lipinski definition) is 5. The minimum Gasteiger partial charge on any atom is -0.497 e. The van der Waals surface area contributed by atoms with E-state index in [2.05, 4.69) is 24.8 Å². The lowest BCUT2D eigenvalue weighted by atomic mass is 10.2. The maximum Gasteiger partial charge on any atom is 0.229 e. The molecule has 5 rings (SSSR count). The van der Waals surface area contributed by atoms with Crippen molar-refractivity contribution in [1.82, 2.24) is 19.5 Å². The van der Waals surface area contributed by atoms with Crippen LogP contribution in [0.25, 0.3) is 10.8 Å². The summed E-state index contributed by atoms with van der Waals surface area (Å²) >= 11 is 12.1. The summed E-state index contributed by atoms with van der Waals surface area (Å²) in [5, 5.41) is 4.93. The number of ether oxygens (including phenoxy) is 1. The van der Waals surface area contributed by atoms with Gasteiger partial charge in [-0.25, -0.2) is 15.0 Å². The van der Waals surface area contributed by atoms with Gasteiger partial charge in [0.2, 0.25) is 5.91 Å². The fraction of sp³-hybridized carbons (Fsp3) is 0.217. The van der Waals surface area contributed by atoms with Crippen molar-refractivity contribution in [1.29, 1.82) is 0 Å². The van der Waals surface area contributed by atoms with E-state index in [9.17, 15) is 4.79 Å². The van der Waals surface area contributed by atoms with Crippen molar-refractivity contribution in [3.8, 4) is 5.75 Å². The molecule has 32 heavy (non-hydrogen) atoms. The molecular weight excluding hydrogens is 449 g/mol. The van der Waals surface area contributed by atoms with Crippen molar-refractivity contribution in [2.24, 2.45) is 5.92 Å². The Balaban J connectivity index is 1.27. The molecule has 0 radical (unpaired) electrons. The lowest BCUT2D eigenvalue weighted by molar-refractivity contribution is -0.117. The van der Waals surface area contributed by atoms with E-state index in [4.69, 9.17) is 27.9 Å². The number of pyridine rings is 2. The molecule has 3 aromatic heterocycles. The summed E-state index contributed by atoms with van der Waals surface area (Å²) in [5.41, 5.74) is 2.19. The third kappa shape index (κ3) is 4.13. The normalized spacial score (nSPS) is 17.3. The third-order valence-electron chi connectivity index (χ3n) is 5.65. The van der Waals surface area contributed by atoms with Crippen LogP contribution in [0.15, 0.2) is 55.1 Å². The summed E-state index contributed by atoms with van der Waals surface area (Å²) in [4.78, 5) is 25.4. The highest BCUT2D eigenvalue weighted by Crippen LogP contribution is 2.48. The zero-order valence-electron chi connectivity index (χ0n) is 17.1. The largest absolute Gasteiger partial charge is 0.497 e. The molecule has 1 aliphatic carbocycles. The molecule has 4 aromatic rings. The smallest absolute Gasteiger partial charge is 0.229 e. The lowest BCUT2D eigenvalue weighted by Crippen LogP contribution is -2.16. The van der Waals surface area contributed by atoms with Gasteiger partial charge in [-0.3, -0.25) is 4.79 Å². The van der Waals surface area contributed by atoms with Crippen molar-refractivity contribution >= 4 is 45.7 Å². The highest BCUT2D eigenvalue weighted by molar-refractivity contribution is 6.36. The van der Waals surface area contributed by atoms with Crippen LogP contribution in [-0.4, -0.2) is 32.5 Å². The van der Waals surface area contributed by atoms with Gasteiger partial charge in [0.15, 0.2) is 0 Å². The molecule has 9 heteroatoms. The minimum absolute atomic E-state index is 0.0645. The van der Waals surface area contributed by atoms with Crippen molar-refractivity contribution in [3.63, 3.8) is 0 Å². The predicted molar refractivity (Wildman–Crippen MR) is 123 cm³/mol. The highest BCUT2D eigenvalue weighted by atomic mass is 35.5. The van der Waals surface area contributed by atoms with E-state index < -0.39 is 0 Å². The standard InChI is InChI=1S/C23H19Cl2N5O2/c1-32-15-4-2-13(3-5-15)11-30-12-26-10-19(30)16-8-17(16)23(31)29-21-7-14-6-20(24)28-22(25)18(14)9-27-21/h2-7,9-10,12,16-17H,8,11H2,1H3,(H,27,29,31)/t16-,17-/m1/s1.